The van der Waals surface area contributed by atoms with E-state index in [2.05, 4.69) is 28.3 Å². The number of aromatic nitrogens is 2. The van der Waals surface area contributed by atoms with Gasteiger partial charge in [0.15, 0.2) is 0 Å². The first-order valence-electron chi connectivity index (χ1n) is 7.36. The van der Waals surface area contributed by atoms with Gasteiger partial charge in [0.05, 0.1) is 5.39 Å². The third-order valence-electron chi connectivity index (χ3n) is 3.37. The van der Waals surface area contributed by atoms with Crippen LogP contribution in [0.15, 0.2) is 6.07 Å². The van der Waals surface area contributed by atoms with Crippen molar-refractivity contribution in [3.63, 3.8) is 0 Å². The van der Waals surface area contributed by atoms with Gasteiger partial charge in [0.25, 0.3) is 0 Å². The Kier molecular flexibility index (Phi) is 6.02. The number of aryl methyl sites for hydroxylation is 2. The molecular formula is C15H21N3O2S2. The van der Waals surface area contributed by atoms with E-state index in [1.165, 1.54) is 4.88 Å². The molecule has 2 rings (SSSR count). The number of thioether (sulfide) groups is 1. The summed E-state index contributed by atoms with van der Waals surface area (Å²) in [6, 6.07) is 1.44. The largest absolute Gasteiger partial charge is 0.480 e. The van der Waals surface area contributed by atoms with E-state index in [1.807, 2.05) is 13.2 Å². The topological polar surface area (TPSA) is 75.1 Å². The van der Waals surface area contributed by atoms with Gasteiger partial charge in [-0.05, 0) is 30.9 Å². The third kappa shape index (κ3) is 3.89. The first-order valence-corrected chi connectivity index (χ1v) is 9.57. The van der Waals surface area contributed by atoms with Gasteiger partial charge in [-0.2, -0.15) is 11.8 Å². The van der Waals surface area contributed by atoms with Crippen molar-refractivity contribution in [2.24, 2.45) is 0 Å². The van der Waals surface area contributed by atoms with Crippen LogP contribution in [-0.2, 0) is 17.6 Å². The van der Waals surface area contributed by atoms with Crippen LogP contribution in [0, 0.1) is 0 Å². The number of rotatable bonds is 8. The van der Waals surface area contributed by atoms with Crippen molar-refractivity contribution >= 4 is 45.1 Å². The molecule has 0 fully saturated rings. The molecule has 0 saturated heterocycles. The Labute approximate surface area is 138 Å². The number of thiophene rings is 1. The average molecular weight is 339 g/mol. The lowest BCUT2D eigenvalue weighted by Gasteiger charge is -2.15. The summed E-state index contributed by atoms with van der Waals surface area (Å²) in [5.41, 5.74) is 0. The van der Waals surface area contributed by atoms with Crippen LogP contribution in [0.3, 0.4) is 0 Å². The van der Waals surface area contributed by atoms with Crippen LogP contribution in [0.5, 0.6) is 0 Å². The molecule has 0 aliphatic rings. The van der Waals surface area contributed by atoms with Crippen molar-refractivity contribution in [2.45, 2.75) is 39.2 Å². The van der Waals surface area contributed by atoms with E-state index in [0.717, 1.165) is 34.6 Å². The predicted molar refractivity (Wildman–Crippen MR) is 94.2 cm³/mol. The molecule has 2 aromatic rings. The molecule has 0 aliphatic carbocycles. The van der Waals surface area contributed by atoms with E-state index in [0.29, 0.717) is 12.2 Å². The zero-order valence-corrected chi connectivity index (χ0v) is 14.7. The van der Waals surface area contributed by atoms with Gasteiger partial charge < -0.3 is 10.4 Å². The van der Waals surface area contributed by atoms with Gasteiger partial charge in [0.1, 0.15) is 22.5 Å². The molecule has 5 nitrogen and oxygen atoms in total. The third-order valence-corrected chi connectivity index (χ3v) is 5.19. The van der Waals surface area contributed by atoms with Crippen LogP contribution in [-0.4, -0.2) is 39.1 Å². The van der Waals surface area contributed by atoms with Crippen LogP contribution in [0.1, 0.15) is 31.0 Å². The molecule has 0 radical (unpaired) electrons. The van der Waals surface area contributed by atoms with Gasteiger partial charge in [-0.1, -0.05) is 13.8 Å². The summed E-state index contributed by atoms with van der Waals surface area (Å²) in [5, 5.41) is 13.4. The Balaban J connectivity index is 2.38. The van der Waals surface area contributed by atoms with Crippen molar-refractivity contribution in [1.82, 2.24) is 9.97 Å². The second-order valence-corrected chi connectivity index (χ2v) is 7.04. The molecule has 120 valence electrons. The number of carboxylic acids is 1. The maximum absolute atomic E-state index is 11.4. The highest BCUT2D eigenvalue weighted by Gasteiger charge is 2.20. The van der Waals surface area contributed by atoms with E-state index < -0.39 is 12.0 Å². The zero-order valence-electron chi connectivity index (χ0n) is 13.0. The summed E-state index contributed by atoms with van der Waals surface area (Å²) >= 11 is 3.29. The van der Waals surface area contributed by atoms with Crippen molar-refractivity contribution in [1.29, 1.82) is 0 Å². The fourth-order valence-corrected chi connectivity index (χ4v) is 3.57. The lowest BCUT2D eigenvalue weighted by atomic mass is 10.2. The number of anilines is 1. The molecule has 7 heteroatoms. The van der Waals surface area contributed by atoms with E-state index in [1.54, 1.807) is 23.1 Å². The van der Waals surface area contributed by atoms with Gasteiger partial charge in [-0.3, -0.25) is 0 Å². The molecule has 0 saturated carbocycles. The summed E-state index contributed by atoms with van der Waals surface area (Å²) in [6.45, 7) is 4.10. The molecular weight excluding hydrogens is 318 g/mol. The maximum Gasteiger partial charge on any atom is 0.326 e. The smallest absolute Gasteiger partial charge is 0.326 e. The second kappa shape index (κ2) is 7.78. The molecule has 0 aliphatic heterocycles. The Morgan fingerprint density at radius 3 is 2.77 bits per heavy atom. The summed E-state index contributed by atoms with van der Waals surface area (Å²) < 4.78 is 0. The average Bonchev–Trinajstić information content (AvgIpc) is 2.93. The van der Waals surface area contributed by atoms with E-state index in [-0.39, 0.29) is 0 Å². The molecule has 0 spiro atoms. The second-order valence-electron chi connectivity index (χ2n) is 4.94. The van der Waals surface area contributed by atoms with E-state index in [9.17, 15) is 9.90 Å². The molecule has 22 heavy (non-hydrogen) atoms. The van der Waals surface area contributed by atoms with Crippen LogP contribution in [0.4, 0.5) is 5.82 Å². The number of fused-ring (bicyclic) bond motifs is 1. The minimum Gasteiger partial charge on any atom is -0.480 e. The molecule has 0 unspecified atom stereocenters. The van der Waals surface area contributed by atoms with Gasteiger partial charge in [0.2, 0.25) is 0 Å². The first-order chi connectivity index (χ1) is 10.6. The van der Waals surface area contributed by atoms with Crippen LogP contribution >= 0.6 is 23.1 Å². The Morgan fingerprint density at radius 1 is 1.41 bits per heavy atom. The SMILES string of the molecule is CCc1nc(N[C@H](CCSC)C(=O)O)c2cc(CC)sc2n1. The van der Waals surface area contributed by atoms with Crippen molar-refractivity contribution in [2.75, 3.05) is 17.3 Å². The molecule has 1 atom stereocenters. The molecule has 0 bridgehead atoms. The Hall–Kier alpha value is -1.34. The molecule has 2 N–H and O–H groups in total. The summed E-state index contributed by atoms with van der Waals surface area (Å²) in [7, 11) is 0. The van der Waals surface area contributed by atoms with Crippen LogP contribution in [0.2, 0.25) is 0 Å². The monoisotopic (exact) mass is 339 g/mol. The number of aliphatic carboxylic acids is 1. The van der Waals surface area contributed by atoms with E-state index in [4.69, 9.17) is 0 Å². The van der Waals surface area contributed by atoms with Crippen molar-refractivity contribution in [3.8, 4) is 0 Å². The Bertz CT molecular complexity index is 658. The lowest BCUT2D eigenvalue weighted by molar-refractivity contribution is -0.137. The molecule has 0 amide bonds. The molecule has 0 aromatic carbocycles. The summed E-state index contributed by atoms with van der Waals surface area (Å²) in [5.74, 6) is 1.34. The minimum atomic E-state index is -0.843. The fraction of sp³-hybridized carbons (Fsp3) is 0.533. The highest BCUT2D eigenvalue weighted by molar-refractivity contribution is 7.98. The molecule has 2 aromatic heterocycles. The fourth-order valence-electron chi connectivity index (χ4n) is 2.12. The highest BCUT2D eigenvalue weighted by Crippen LogP contribution is 2.30. The predicted octanol–water partition coefficient (Wildman–Crippen LogP) is 3.43. The number of nitrogens with zero attached hydrogens (tertiary/aromatic N) is 2. The highest BCUT2D eigenvalue weighted by atomic mass is 32.2. The quantitative estimate of drug-likeness (QED) is 0.767. The number of carboxylic acid groups (broad SMARTS) is 1. The number of hydrogen-bond acceptors (Lipinski definition) is 6. The first kappa shape index (κ1) is 17.0. The van der Waals surface area contributed by atoms with Crippen molar-refractivity contribution in [3.05, 3.63) is 16.8 Å². The maximum atomic E-state index is 11.4. The normalized spacial score (nSPS) is 12.5. The number of nitrogens with one attached hydrogen (secondary N) is 1. The van der Waals surface area contributed by atoms with Crippen LogP contribution in [0.25, 0.3) is 10.2 Å². The van der Waals surface area contributed by atoms with Gasteiger partial charge in [0, 0.05) is 11.3 Å². The lowest BCUT2D eigenvalue weighted by Crippen LogP contribution is -2.30. The van der Waals surface area contributed by atoms with E-state index >= 15 is 0 Å². The number of hydrogen-bond donors (Lipinski definition) is 2. The number of carbonyl (C=O) groups is 1. The minimum absolute atomic E-state index is 0.564. The molecule has 2 heterocycles. The Morgan fingerprint density at radius 2 is 2.18 bits per heavy atom. The standard InChI is InChI=1S/C15H21N3O2S2/c1-4-9-8-10-13(16-11(15(19)20)6-7-21-3)17-12(5-2)18-14(10)22-9/h8,11H,4-7H2,1-3H3,(H,19,20)(H,16,17,18)/t11-/m1/s1. The zero-order chi connectivity index (χ0) is 16.1. The van der Waals surface area contributed by atoms with Gasteiger partial charge in [-0.25, -0.2) is 14.8 Å². The van der Waals surface area contributed by atoms with Gasteiger partial charge in [-0.15, -0.1) is 11.3 Å². The van der Waals surface area contributed by atoms with Crippen LogP contribution < -0.4 is 5.32 Å². The summed E-state index contributed by atoms with van der Waals surface area (Å²) in [6.07, 6.45) is 4.21. The van der Waals surface area contributed by atoms with Gasteiger partial charge >= 0.3 is 5.97 Å². The summed E-state index contributed by atoms with van der Waals surface area (Å²) in [4.78, 5) is 22.7. The van der Waals surface area contributed by atoms with Crippen molar-refractivity contribution < 1.29 is 9.90 Å².